The number of nitriles is 1. The van der Waals surface area contributed by atoms with Crippen LogP contribution in [-0.4, -0.2) is 48.6 Å². The zero-order valence-electron chi connectivity index (χ0n) is 16.3. The number of nitrogens with zero attached hydrogens (tertiary/aromatic N) is 5. The van der Waals surface area contributed by atoms with Gasteiger partial charge in [-0.2, -0.15) is 5.26 Å². The van der Waals surface area contributed by atoms with E-state index in [9.17, 15) is 9.59 Å². The van der Waals surface area contributed by atoms with Gasteiger partial charge in [0.2, 0.25) is 5.95 Å². The number of carbonyl (C=O) groups excluding carboxylic acids is 2. The van der Waals surface area contributed by atoms with E-state index in [2.05, 4.69) is 9.97 Å². The molecule has 8 heteroatoms. The molecule has 1 aromatic heterocycles. The number of benzene rings is 1. The molecule has 0 aliphatic carbocycles. The predicted octanol–water partition coefficient (Wildman–Crippen LogP) is 2.02. The van der Waals surface area contributed by atoms with E-state index < -0.39 is 12.6 Å². The topological polar surface area (TPSA) is 99.4 Å². The van der Waals surface area contributed by atoms with Crippen molar-refractivity contribution in [1.29, 1.82) is 5.26 Å². The maximum atomic E-state index is 12.6. The summed E-state index contributed by atoms with van der Waals surface area (Å²) in [6.45, 7) is 3.61. The van der Waals surface area contributed by atoms with Crippen LogP contribution in [0.5, 0.6) is 0 Å². The van der Waals surface area contributed by atoms with Crippen LogP contribution in [0.4, 0.5) is 11.6 Å². The van der Waals surface area contributed by atoms with Crippen molar-refractivity contribution in [2.24, 2.45) is 0 Å². The van der Waals surface area contributed by atoms with Gasteiger partial charge in [0, 0.05) is 31.7 Å². The van der Waals surface area contributed by atoms with Gasteiger partial charge in [-0.1, -0.05) is 6.07 Å². The van der Waals surface area contributed by atoms with Crippen molar-refractivity contribution in [1.82, 2.24) is 9.97 Å². The molecule has 2 aromatic rings. The number of esters is 1. The number of aromatic nitrogens is 2. The molecule has 0 fully saturated rings. The van der Waals surface area contributed by atoms with Crippen molar-refractivity contribution < 1.29 is 14.3 Å². The lowest BCUT2D eigenvalue weighted by molar-refractivity contribution is -0.146. The Morgan fingerprint density at radius 3 is 2.39 bits per heavy atom. The standard InChI is InChI=1S/C20H23N5O3/c1-15-10-16(2)12-17(11-15)25(9-4-6-21)18(26)14-28-19(27)13-24(3)20-22-7-5-8-23-20/h5,7-8,10-12H,4,9,13-14H2,1-3H3. The number of likely N-dealkylation sites (N-methyl/N-ethyl adjacent to an activating group) is 1. The van der Waals surface area contributed by atoms with Gasteiger partial charge in [-0.15, -0.1) is 0 Å². The molecular weight excluding hydrogens is 358 g/mol. The predicted molar refractivity (Wildman–Crippen MR) is 105 cm³/mol. The Kier molecular flexibility index (Phi) is 7.45. The van der Waals surface area contributed by atoms with Gasteiger partial charge in [0.15, 0.2) is 6.61 Å². The lowest BCUT2D eigenvalue weighted by Crippen LogP contribution is -2.37. The summed E-state index contributed by atoms with van der Waals surface area (Å²) in [7, 11) is 1.66. The first-order valence-corrected chi connectivity index (χ1v) is 8.80. The monoisotopic (exact) mass is 381 g/mol. The van der Waals surface area contributed by atoms with E-state index in [-0.39, 0.29) is 25.4 Å². The Bertz CT molecular complexity index is 844. The van der Waals surface area contributed by atoms with E-state index in [1.54, 1.807) is 25.5 Å². The summed E-state index contributed by atoms with van der Waals surface area (Å²) < 4.78 is 5.13. The maximum Gasteiger partial charge on any atom is 0.326 e. The fraction of sp³-hybridized carbons (Fsp3) is 0.350. The van der Waals surface area contributed by atoms with E-state index >= 15 is 0 Å². The zero-order chi connectivity index (χ0) is 20.5. The van der Waals surface area contributed by atoms with Crippen LogP contribution in [0.15, 0.2) is 36.7 Å². The van der Waals surface area contributed by atoms with Crippen molar-refractivity contribution in [2.75, 3.05) is 36.5 Å². The highest BCUT2D eigenvalue weighted by atomic mass is 16.5. The average Bonchev–Trinajstić information content (AvgIpc) is 2.66. The van der Waals surface area contributed by atoms with Crippen molar-refractivity contribution >= 4 is 23.5 Å². The van der Waals surface area contributed by atoms with Crippen LogP contribution in [0.3, 0.4) is 0 Å². The zero-order valence-corrected chi connectivity index (χ0v) is 16.3. The molecule has 0 aliphatic heterocycles. The lowest BCUT2D eigenvalue weighted by atomic mass is 10.1. The molecule has 0 saturated heterocycles. The fourth-order valence-electron chi connectivity index (χ4n) is 2.68. The second-order valence-electron chi connectivity index (χ2n) is 6.36. The lowest BCUT2D eigenvalue weighted by Gasteiger charge is -2.23. The quantitative estimate of drug-likeness (QED) is 0.645. The van der Waals surface area contributed by atoms with Crippen molar-refractivity contribution in [3.63, 3.8) is 0 Å². The van der Waals surface area contributed by atoms with Gasteiger partial charge in [-0.05, 0) is 43.2 Å². The van der Waals surface area contributed by atoms with E-state index in [0.717, 1.165) is 11.1 Å². The first-order valence-electron chi connectivity index (χ1n) is 8.80. The molecule has 0 unspecified atom stereocenters. The third-order valence-electron chi connectivity index (χ3n) is 3.88. The van der Waals surface area contributed by atoms with Crippen molar-refractivity contribution in [3.8, 4) is 6.07 Å². The van der Waals surface area contributed by atoms with Gasteiger partial charge in [0.1, 0.15) is 6.54 Å². The molecule has 2 rings (SSSR count). The van der Waals surface area contributed by atoms with Gasteiger partial charge in [0.05, 0.1) is 12.5 Å². The molecule has 8 nitrogen and oxygen atoms in total. The Balaban J connectivity index is 1.99. The number of carbonyl (C=O) groups is 2. The third-order valence-corrected chi connectivity index (χ3v) is 3.88. The van der Waals surface area contributed by atoms with Crippen molar-refractivity contribution in [2.45, 2.75) is 20.3 Å². The minimum absolute atomic E-state index is 0.0843. The number of hydrogen-bond acceptors (Lipinski definition) is 7. The average molecular weight is 381 g/mol. The van der Waals surface area contributed by atoms with Crippen LogP contribution < -0.4 is 9.80 Å². The first-order chi connectivity index (χ1) is 13.4. The van der Waals surface area contributed by atoms with Crippen LogP contribution >= 0.6 is 0 Å². The number of amides is 1. The van der Waals surface area contributed by atoms with Gasteiger partial charge in [0.25, 0.3) is 5.91 Å². The Morgan fingerprint density at radius 2 is 1.79 bits per heavy atom. The van der Waals surface area contributed by atoms with Crippen LogP contribution in [0.1, 0.15) is 17.5 Å². The molecule has 0 bridgehead atoms. The molecule has 28 heavy (non-hydrogen) atoms. The number of anilines is 2. The molecule has 0 radical (unpaired) electrons. The largest absolute Gasteiger partial charge is 0.454 e. The number of ether oxygens (including phenoxy) is 1. The van der Waals surface area contributed by atoms with E-state index in [1.807, 2.05) is 38.1 Å². The summed E-state index contributed by atoms with van der Waals surface area (Å²) in [6.07, 6.45) is 3.33. The first kappa shape index (κ1) is 20.8. The summed E-state index contributed by atoms with van der Waals surface area (Å²) in [5, 5.41) is 8.89. The van der Waals surface area contributed by atoms with Gasteiger partial charge in [-0.25, -0.2) is 9.97 Å². The van der Waals surface area contributed by atoms with E-state index in [4.69, 9.17) is 10.00 Å². The van der Waals surface area contributed by atoms with E-state index in [1.165, 1.54) is 9.80 Å². The Morgan fingerprint density at radius 1 is 1.14 bits per heavy atom. The molecule has 1 heterocycles. The molecule has 0 N–H and O–H groups in total. The SMILES string of the molecule is Cc1cc(C)cc(N(CCC#N)C(=O)COC(=O)CN(C)c2ncccn2)c1. The molecule has 1 amide bonds. The maximum absolute atomic E-state index is 12.6. The van der Waals surface area contributed by atoms with Gasteiger partial charge >= 0.3 is 5.97 Å². The summed E-state index contributed by atoms with van der Waals surface area (Å²) in [5.74, 6) is -0.562. The highest BCUT2D eigenvalue weighted by Crippen LogP contribution is 2.19. The Labute approximate surface area is 164 Å². The summed E-state index contributed by atoms with van der Waals surface area (Å²) >= 11 is 0. The Hall–Kier alpha value is -3.47. The smallest absolute Gasteiger partial charge is 0.326 e. The molecular formula is C20H23N5O3. The van der Waals surface area contributed by atoms with Gasteiger partial charge in [-0.3, -0.25) is 9.59 Å². The summed E-state index contributed by atoms with van der Waals surface area (Å²) in [4.78, 5) is 35.8. The minimum Gasteiger partial charge on any atom is -0.454 e. The molecule has 146 valence electrons. The number of rotatable bonds is 8. The summed E-state index contributed by atoms with van der Waals surface area (Å²) in [6, 6.07) is 9.45. The van der Waals surface area contributed by atoms with Crippen LogP contribution in [0.2, 0.25) is 0 Å². The minimum atomic E-state index is -0.566. The molecule has 1 aromatic carbocycles. The normalized spacial score (nSPS) is 10.1. The van der Waals surface area contributed by atoms with Crippen LogP contribution in [0, 0.1) is 25.2 Å². The number of aryl methyl sites for hydroxylation is 2. The highest BCUT2D eigenvalue weighted by Gasteiger charge is 2.19. The van der Waals surface area contributed by atoms with Crippen LogP contribution in [-0.2, 0) is 14.3 Å². The fourth-order valence-corrected chi connectivity index (χ4v) is 2.68. The molecule has 0 saturated carbocycles. The van der Waals surface area contributed by atoms with E-state index in [0.29, 0.717) is 11.6 Å². The van der Waals surface area contributed by atoms with Gasteiger partial charge < -0.3 is 14.5 Å². The van der Waals surface area contributed by atoms with Crippen LogP contribution in [0.25, 0.3) is 0 Å². The third kappa shape index (κ3) is 6.06. The number of hydrogen-bond donors (Lipinski definition) is 0. The summed E-state index contributed by atoms with van der Waals surface area (Å²) in [5.41, 5.74) is 2.70. The highest BCUT2D eigenvalue weighted by molar-refractivity contribution is 5.95. The molecule has 0 aliphatic rings. The second-order valence-corrected chi connectivity index (χ2v) is 6.36. The second kappa shape index (κ2) is 10.0. The van der Waals surface area contributed by atoms with Crippen molar-refractivity contribution in [3.05, 3.63) is 47.8 Å². The molecule has 0 spiro atoms. The molecule has 0 atom stereocenters.